The van der Waals surface area contributed by atoms with Gasteiger partial charge in [0.25, 0.3) is 11.8 Å². The summed E-state index contributed by atoms with van der Waals surface area (Å²) in [5.74, 6) is -0.0617. The fourth-order valence-electron chi connectivity index (χ4n) is 4.14. The maximum absolute atomic E-state index is 12.3. The van der Waals surface area contributed by atoms with Crippen molar-refractivity contribution in [3.63, 3.8) is 0 Å². The number of carbonyl (C=O) groups excluding carboxylic acids is 2. The molecule has 8 nitrogen and oxygen atoms in total. The third-order valence-electron chi connectivity index (χ3n) is 6.24. The second kappa shape index (κ2) is 8.97. The number of hydrogen-bond acceptors (Lipinski definition) is 5. The van der Waals surface area contributed by atoms with Crippen molar-refractivity contribution < 1.29 is 9.59 Å². The number of fused-ring (bicyclic) bond motifs is 1. The molecule has 0 radical (unpaired) electrons. The maximum Gasteiger partial charge on any atom is 0.253 e. The fraction of sp³-hybridized carbons (Fsp3) is 0.231. The number of nitrogens with zero attached hydrogens (tertiary/aromatic N) is 3. The predicted octanol–water partition coefficient (Wildman–Crippen LogP) is 3.64. The Morgan fingerprint density at radius 3 is 2.74 bits per heavy atom. The van der Waals surface area contributed by atoms with Crippen molar-refractivity contribution in [2.75, 3.05) is 5.32 Å². The summed E-state index contributed by atoms with van der Waals surface area (Å²) in [5.41, 5.74) is 11.0. The molecule has 3 heterocycles. The van der Waals surface area contributed by atoms with Crippen LogP contribution in [0, 0.1) is 5.92 Å². The topological polar surface area (TPSA) is 114 Å². The highest BCUT2D eigenvalue weighted by molar-refractivity contribution is 6.02. The minimum Gasteiger partial charge on any atom is -0.380 e. The molecule has 34 heavy (non-hydrogen) atoms. The number of hydrogen-bond donors (Lipinski definition) is 3. The van der Waals surface area contributed by atoms with Crippen molar-refractivity contribution in [1.82, 2.24) is 19.9 Å². The van der Waals surface area contributed by atoms with Crippen molar-refractivity contribution in [3.8, 4) is 11.1 Å². The van der Waals surface area contributed by atoms with Gasteiger partial charge in [-0.25, -0.2) is 4.52 Å². The molecular weight excluding hydrogens is 428 g/mol. The lowest BCUT2D eigenvalue weighted by atomic mass is 10.1. The summed E-state index contributed by atoms with van der Waals surface area (Å²) < 4.78 is 1.76. The van der Waals surface area contributed by atoms with Crippen LogP contribution in [0.3, 0.4) is 0 Å². The monoisotopic (exact) mass is 454 g/mol. The van der Waals surface area contributed by atoms with Gasteiger partial charge >= 0.3 is 0 Å². The Bertz CT molecular complexity index is 1360. The van der Waals surface area contributed by atoms with Crippen molar-refractivity contribution in [2.24, 2.45) is 11.7 Å². The van der Waals surface area contributed by atoms with Crippen LogP contribution in [0.4, 0.5) is 5.69 Å². The molecule has 4 N–H and O–H groups in total. The highest BCUT2D eigenvalue weighted by Crippen LogP contribution is 2.36. The second-order valence-corrected chi connectivity index (χ2v) is 8.75. The predicted molar refractivity (Wildman–Crippen MR) is 130 cm³/mol. The van der Waals surface area contributed by atoms with Crippen LogP contribution in [0.2, 0.25) is 0 Å². The number of rotatable bonds is 8. The Balaban J connectivity index is 1.42. The normalized spacial score (nSPS) is 14.0. The van der Waals surface area contributed by atoms with Gasteiger partial charge in [0.15, 0.2) is 0 Å². The highest BCUT2D eigenvalue weighted by Gasteiger charge is 2.29. The lowest BCUT2D eigenvalue weighted by Crippen LogP contribution is -2.22. The molecule has 0 saturated heterocycles. The number of nitrogens with two attached hydrogens (primary N) is 1. The van der Waals surface area contributed by atoms with Gasteiger partial charge in [-0.2, -0.15) is 5.10 Å². The molecule has 1 aromatic carbocycles. The van der Waals surface area contributed by atoms with Crippen LogP contribution in [-0.4, -0.2) is 32.5 Å². The zero-order valence-electron chi connectivity index (χ0n) is 18.9. The lowest BCUT2D eigenvalue weighted by Gasteiger charge is -2.17. The molecule has 0 aliphatic heterocycles. The Morgan fingerprint density at radius 2 is 2.00 bits per heavy atom. The number of carbonyl (C=O) groups is 2. The van der Waals surface area contributed by atoms with Gasteiger partial charge in [0.2, 0.25) is 0 Å². The van der Waals surface area contributed by atoms with E-state index in [1.807, 2.05) is 36.5 Å². The molecule has 0 unspecified atom stereocenters. The zero-order chi connectivity index (χ0) is 23.7. The van der Waals surface area contributed by atoms with Crippen molar-refractivity contribution in [3.05, 3.63) is 83.9 Å². The molecule has 1 aliphatic carbocycles. The quantitative estimate of drug-likeness (QED) is 0.376. The number of nitrogens with one attached hydrogen (secondary N) is 2. The van der Waals surface area contributed by atoms with E-state index in [1.54, 1.807) is 29.0 Å². The SMILES string of the molecule is C[C@@H](Nc1c(C(N)=O)cnn2cc(-c3cccc(CNC(=O)c4cccnc4)c3)cc12)C1CC1. The van der Waals surface area contributed by atoms with Gasteiger partial charge in [0.1, 0.15) is 0 Å². The molecule has 5 rings (SSSR count). The summed E-state index contributed by atoms with van der Waals surface area (Å²) in [7, 11) is 0. The Hall–Kier alpha value is -4.20. The van der Waals surface area contributed by atoms with Crippen LogP contribution in [0.5, 0.6) is 0 Å². The van der Waals surface area contributed by atoms with Crippen LogP contribution < -0.4 is 16.4 Å². The minimum absolute atomic E-state index is 0.170. The first-order chi connectivity index (χ1) is 16.5. The van der Waals surface area contributed by atoms with E-state index >= 15 is 0 Å². The average molecular weight is 455 g/mol. The fourth-order valence-corrected chi connectivity index (χ4v) is 4.14. The van der Waals surface area contributed by atoms with Gasteiger partial charge in [-0.15, -0.1) is 0 Å². The molecule has 1 saturated carbocycles. The van der Waals surface area contributed by atoms with Crippen LogP contribution in [-0.2, 0) is 6.54 Å². The molecule has 4 aromatic rings. The minimum atomic E-state index is -0.505. The summed E-state index contributed by atoms with van der Waals surface area (Å²) in [6, 6.07) is 13.7. The van der Waals surface area contributed by atoms with E-state index in [0.29, 0.717) is 29.3 Å². The van der Waals surface area contributed by atoms with E-state index in [1.165, 1.54) is 19.0 Å². The Labute approximate surface area is 197 Å². The van der Waals surface area contributed by atoms with Gasteiger partial charge in [0.05, 0.1) is 28.5 Å². The molecule has 3 aromatic heterocycles. The first kappa shape index (κ1) is 21.6. The molecular formula is C26H26N6O2. The smallest absolute Gasteiger partial charge is 0.253 e. The van der Waals surface area contributed by atoms with E-state index in [0.717, 1.165) is 22.2 Å². The van der Waals surface area contributed by atoms with Gasteiger partial charge < -0.3 is 16.4 Å². The number of benzene rings is 1. The van der Waals surface area contributed by atoms with Gasteiger partial charge in [-0.1, -0.05) is 18.2 Å². The largest absolute Gasteiger partial charge is 0.380 e. The molecule has 8 heteroatoms. The van der Waals surface area contributed by atoms with Crippen LogP contribution in [0.25, 0.3) is 16.6 Å². The van der Waals surface area contributed by atoms with E-state index < -0.39 is 5.91 Å². The molecule has 2 amide bonds. The standard InChI is InChI=1S/C26H26N6O2/c1-16(18-7-8-18)31-24-22(25(27)33)14-30-32-15-21(11-23(24)32)19-5-2-4-17(10-19)12-29-26(34)20-6-3-9-28-13-20/h2-6,9-11,13-16,18,31H,7-8,12H2,1H3,(H2,27,33)(H,29,34)/t16-/m1/s1. The summed E-state index contributed by atoms with van der Waals surface area (Å²) in [6.45, 7) is 2.53. The van der Waals surface area contributed by atoms with Crippen LogP contribution in [0.15, 0.2) is 67.3 Å². The summed E-state index contributed by atoms with van der Waals surface area (Å²) in [4.78, 5) is 28.4. The Kier molecular flexibility index (Phi) is 5.71. The van der Waals surface area contributed by atoms with E-state index in [-0.39, 0.29) is 11.9 Å². The number of anilines is 1. The Morgan fingerprint density at radius 1 is 1.15 bits per heavy atom. The average Bonchev–Trinajstić information content (AvgIpc) is 3.62. The molecule has 172 valence electrons. The maximum atomic E-state index is 12.3. The number of primary amides is 1. The van der Waals surface area contributed by atoms with Crippen molar-refractivity contribution in [1.29, 1.82) is 0 Å². The van der Waals surface area contributed by atoms with Gasteiger partial charge in [-0.05, 0) is 61.1 Å². The molecule has 1 aliphatic rings. The van der Waals surface area contributed by atoms with Crippen LogP contribution in [0.1, 0.15) is 46.0 Å². The third-order valence-corrected chi connectivity index (χ3v) is 6.24. The second-order valence-electron chi connectivity index (χ2n) is 8.75. The van der Waals surface area contributed by atoms with E-state index in [9.17, 15) is 9.59 Å². The first-order valence-electron chi connectivity index (χ1n) is 11.3. The van der Waals surface area contributed by atoms with E-state index in [2.05, 4.69) is 27.6 Å². The molecule has 1 atom stereocenters. The first-order valence-corrected chi connectivity index (χ1v) is 11.3. The van der Waals surface area contributed by atoms with Crippen LogP contribution >= 0.6 is 0 Å². The molecule has 0 spiro atoms. The molecule has 0 bridgehead atoms. The summed E-state index contributed by atoms with van der Waals surface area (Å²) in [6.07, 6.45) is 9.01. The number of pyridine rings is 1. The van der Waals surface area contributed by atoms with Gasteiger partial charge in [0, 0.05) is 36.7 Å². The van der Waals surface area contributed by atoms with Gasteiger partial charge in [-0.3, -0.25) is 14.6 Å². The lowest BCUT2D eigenvalue weighted by molar-refractivity contribution is 0.0949. The van der Waals surface area contributed by atoms with E-state index in [4.69, 9.17) is 5.73 Å². The summed E-state index contributed by atoms with van der Waals surface area (Å²) >= 11 is 0. The summed E-state index contributed by atoms with van der Waals surface area (Å²) in [5, 5.41) is 10.8. The highest BCUT2D eigenvalue weighted by atomic mass is 16.2. The zero-order valence-corrected chi connectivity index (χ0v) is 18.9. The third kappa shape index (κ3) is 4.47. The molecule has 1 fully saturated rings. The van der Waals surface area contributed by atoms with Crippen molar-refractivity contribution in [2.45, 2.75) is 32.4 Å². The number of aromatic nitrogens is 3. The van der Waals surface area contributed by atoms with Crippen molar-refractivity contribution >= 4 is 23.0 Å². The number of amides is 2.